The zero-order valence-corrected chi connectivity index (χ0v) is 13.6. The lowest BCUT2D eigenvalue weighted by Gasteiger charge is -2.15. The van der Waals surface area contributed by atoms with E-state index < -0.39 is 0 Å². The Hall–Kier alpha value is -1.29. The van der Waals surface area contributed by atoms with Crippen LogP contribution in [0.3, 0.4) is 0 Å². The van der Waals surface area contributed by atoms with Gasteiger partial charge in [-0.3, -0.25) is 0 Å². The number of nitriles is 1. The molecule has 1 heteroatoms. The molecule has 0 aliphatic heterocycles. The Bertz CT molecular complexity index is 442. The van der Waals surface area contributed by atoms with E-state index in [-0.39, 0.29) is 0 Å². The third kappa shape index (κ3) is 5.37. The van der Waals surface area contributed by atoms with Gasteiger partial charge in [0.15, 0.2) is 0 Å². The van der Waals surface area contributed by atoms with E-state index in [1.807, 2.05) is 0 Å². The molecule has 0 aliphatic carbocycles. The second-order valence-electron chi connectivity index (χ2n) is 6.19. The Morgan fingerprint density at radius 2 is 1.85 bits per heavy atom. The van der Waals surface area contributed by atoms with Crippen molar-refractivity contribution in [1.82, 2.24) is 0 Å². The molecule has 110 valence electrons. The maximum Gasteiger partial charge on any atom is 0.0991 e. The summed E-state index contributed by atoms with van der Waals surface area (Å²) >= 11 is 0. The van der Waals surface area contributed by atoms with E-state index in [2.05, 4.69) is 52.0 Å². The van der Waals surface area contributed by atoms with E-state index in [9.17, 15) is 5.26 Å². The number of nitrogens with zero attached hydrogens (tertiary/aromatic N) is 1. The average Bonchev–Trinajstić information content (AvgIpc) is 2.46. The van der Waals surface area contributed by atoms with Crippen molar-refractivity contribution in [3.63, 3.8) is 0 Å². The molecular formula is C19H29N. The van der Waals surface area contributed by atoms with Crippen molar-refractivity contribution in [1.29, 1.82) is 5.26 Å². The van der Waals surface area contributed by atoms with E-state index in [4.69, 9.17) is 0 Å². The number of benzene rings is 1. The fourth-order valence-corrected chi connectivity index (χ4v) is 2.67. The van der Waals surface area contributed by atoms with Gasteiger partial charge in [0.25, 0.3) is 0 Å². The summed E-state index contributed by atoms with van der Waals surface area (Å²) in [7, 11) is 0. The lowest BCUT2D eigenvalue weighted by atomic mass is 9.90. The van der Waals surface area contributed by atoms with Crippen LogP contribution in [-0.4, -0.2) is 0 Å². The van der Waals surface area contributed by atoms with Gasteiger partial charge < -0.3 is 0 Å². The topological polar surface area (TPSA) is 23.8 Å². The summed E-state index contributed by atoms with van der Waals surface area (Å²) in [6.45, 7) is 9.03. The first-order valence-corrected chi connectivity index (χ1v) is 8.14. The van der Waals surface area contributed by atoms with Crippen LogP contribution < -0.4 is 0 Å². The Kier molecular flexibility index (Phi) is 7.37. The second kappa shape index (κ2) is 8.80. The number of hydrogen-bond acceptors (Lipinski definition) is 1. The first-order valence-electron chi connectivity index (χ1n) is 8.14. The molecule has 1 aromatic carbocycles. The molecule has 1 nitrogen and oxygen atoms in total. The predicted molar refractivity (Wildman–Crippen MR) is 86.9 cm³/mol. The van der Waals surface area contributed by atoms with Gasteiger partial charge in [-0.2, -0.15) is 5.26 Å². The van der Waals surface area contributed by atoms with E-state index in [1.165, 1.54) is 36.8 Å². The highest BCUT2D eigenvalue weighted by Gasteiger charge is 2.09. The summed E-state index contributed by atoms with van der Waals surface area (Å²) in [4.78, 5) is 0. The Morgan fingerprint density at radius 3 is 2.45 bits per heavy atom. The molecule has 0 radical (unpaired) electrons. The van der Waals surface area contributed by atoms with Crippen LogP contribution in [0, 0.1) is 17.2 Å². The van der Waals surface area contributed by atoms with Crippen molar-refractivity contribution in [2.75, 3.05) is 0 Å². The third-order valence-electron chi connectivity index (χ3n) is 4.21. The van der Waals surface area contributed by atoms with E-state index in [0.29, 0.717) is 11.8 Å². The molecule has 2 atom stereocenters. The van der Waals surface area contributed by atoms with Gasteiger partial charge >= 0.3 is 0 Å². The first kappa shape index (κ1) is 16.8. The second-order valence-corrected chi connectivity index (χ2v) is 6.19. The summed E-state index contributed by atoms with van der Waals surface area (Å²) < 4.78 is 0. The summed E-state index contributed by atoms with van der Waals surface area (Å²) in [5.41, 5.74) is 3.48. The van der Waals surface area contributed by atoms with E-state index in [1.54, 1.807) is 0 Å². The fourth-order valence-electron chi connectivity index (χ4n) is 2.67. The summed E-state index contributed by atoms with van der Waals surface area (Å²) in [6, 6.07) is 8.75. The molecule has 0 aromatic heterocycles. The third-order valence-corrected chi connectivity index (χ3v) is 4.21. The molecule has 0 heterocycles. The van der Waals surface area contributed by atoms with Crippen molar-refractivity contribution in [3.8, 4) is 6.07 Å². The largest absolute Gasteiger partial charge is 0.192 e. The van der Waals surface area contributed by atoms with Gasteiger partial charge in [0.1, 0.15) is 0 Å². The minimum atomic E-state index is 0.539. The number of rotatable bonds is 8. The van der Waals surface area contributed by atoms with Crippen molar-refractivity contribution >= 4 is 0 Å². The summed E-state index contributed by atoms with van der Waals surface area (Å²) in [5, 5.41) is 9.20. The number of hydrogen-bond donors (Lipinski definition) is 0. The van der Waals surface area contributed by atoms with Crippen molar-refractivity contribution in [3.05, 3.63) is 34.9 Å². The Labute approximate surface area is 125 Å². The molecule has 2 unspecified atom stereocenters. The molecule has 0 amide bonds. The molecule has 0 saturated heterocycles. The van der Waals surface area contributed by atoms with Gasteiger partial charge in [-0.15, -0.1) is 0 Å². The number of unbranched alkanes of at least 4 members (excludes halogenated alkanes) is 2. The lowest BCUT2D eigenvalue weighted by molar-refractivity contribution is 0.493. The van der Waals surface area contributed by atoms with Crippen LogP contribution in [0.1, 0.15) is 82.4 Å². The molecule has 0 spiro atoms. The smallest absolute Gasteiger partial charge is 0.0991 e. The monoisotopic (exact) mass is 271 g/mol. The first-order chi connectivity index (χ1) is 9.60. The van der Waals surface area contributed by atoms with Crippen LogP contribution >= 0.6 is 0 Å². The van der Waals surface area contributed by atoms with Gasteiger partial charge in [0.05, 0.1) is 11.6 Å². The minimum Gasteiger partial charge on any atom is -0.192 e. The highest BCUT2D eigenvalue weighted by molar-refractivity contribution is 5.39. The predicted octanol–water partition coefficient (Wildman–Crippen LogP) is 5.83. The van der Waals surface area contributed by atoms with Gasteiger partial charge in [-0.1, -0.05) is 59.4 Å². The van der Waals surface area contributed by atoms with Crippen molar-refractivity contribution in [2.24, 2.45) is 5.92 Å². The fraction of sp³-hybridized carbons (Fsp3) is 0.632. The van der Waals surface area contributed by atoms with Gasteiger partial charge in [0.2, 0.25) is 0 Å². The van der Waals surface area contributed by atoms with Crippen LogP contribution in [0.5, 0.6) is 0 Å². The molecule has 0 saturated carbocycles. The highest BCUT2D eigenvalue weighted by atomic mass is 14.2. The molecule has 20 heavy (non-hydrogen) atoms. The molecule has 0 bridgehead atoms. The van der Waals surface area contributed by atoms with Crippen LogP contribution in [0.4, 0.5) is 0 Å². The highest BCUT2D eigenvalue weighted by Crippen LogP contribution is 2.24. The Balaban J connectivity index is 2.76. The molecule has 1 aromatic rings. The van der Waals surface area contributed by atoms with Crippen LogP contribution in [-0.2, 0) is 6.42 Å². The van der Waals surface area contributed by atoms with Crippen molar-refractivity contribution in [2.45, 2.75) is 72.1 Å². The normalized spacial score (nSPS) is 13.8. The molecule has 0 N–H and O–H groups in total. The lowest BCUT2D eigenvalue weighted by Crippen LogP contribution is -2.02. The van der Waals surface area contributed by atoms with Gasteiger partial charge in [-0.05, 0) is 47.9 Å². The zero-order chi connectivity index (χ0) is 15.0. The van der Waals surface area contributed by atoms with Gasteiger partial charge in [-0.25, -0.2) is 0 Å². The maximum atomic E-state index is 9.20. The molecule has 0 aliphatic rings. The summed E-state index contributed by atoms with van der Waals surface area (Å²) in [5.74, 6) is 1.25. The molecular weight excluding hydrogens is 242 g/mol. The SMILES string of the molecule is CCCCCC(C)Cc1cc(C#N)cc(C(C)CC)c1. The maximum absolute atomic E-state index is 9.20. The van der Waals surface area contributed by atoms with E-state index >= 15 is 0 Å². The quantitative estimate of drug-likeness (QED) is 0.546. The van der Waals surface area contributed by atoms with Crippen LogP contribution in [0.25, 0.3) is 0 Å². The Morgan fingerprint density at radius 1 is 1.10 bits per heavy atom. The zero-order valence-electron chi connectivity index (χ0n) is 13.6. The van der Waals surface area contributed by atoms with Gasteiger partial charge in [0, 0.05) is 0 Å². The molecule has 0 fully saturated rings. The van der Waals surface area contributed by atoms with Crippen LogP contribution in [0.2, 0.25) is 0 Å². The van der Waals surface area contributed by atoms with Crippen LogP contribution in [0.15, 0.2) is 18.2 Å². The standard InChI is InChI=1S/C19H29N/c1-5-7-8-9-15(3)10-17-11-18(14-20)13-19(12-17)16(4)6-2/h11-13,15-16H,5-10H2,1-4H3. The van der Waals surface area contributed by atoms with Crippen molar-refractivity contribution < 1.29 is 0 Å². The van der Waals surface area contributed by atoms with E-state index in [0.717, 1.165) is 18.4 Å². The average molecular weight is 271 g/mol. The minimum absolute atomic E-state index is 0.539. The molecule has 1 rings (SSSR count). The summed E-state index contributed by atoms with van der Waals surface area (Å²) in [6.07, 6.45) is 7.47.